The van der Waals surface area contributed by atoms with Gasteiger partial charge in [0.2, 0.25) is 11.8 Å². The lowest BCUT2D eigenvalue weighted by molar-refractivity contribution is -0.140. The Balaban J connectivity index is 2.11. The van der Waals surface area contributed by atoms with E-state index in [1.54, 1.807) is 6.07 Å². The van der Waals surface area contributed by atoms with Gasteiger partial charge in [-0.25, -0.2) is 4.31 Å². The maximum atomic E-state index is 14.3. The quantitative estimate of drug-likeness (QED) is 0.324. The summed E-state index contributed by atoms with van der Waals surface area (Å²) in [6.45, 7) is 7.29. The molecule has 220 valence electrons. The molecule has 9 heteroatoms. The third kappa shape index (κ3) is 8.41. The van der Waals surface area contributed by atoms with Crippen LogP contribution >= 0.6 is 0 Å². The molecule has 0 aromatic heterocycles. The van der Waals surface area contributed by atoms with Gasteiger partial charge in [-0.3, -0.25) is 9.59 Å². The first-order valence-electron chi connectivity index (χ1n) is 13.9. The van der Waals surface area contributed by atoms with E-state index in [-0.39, 0.29) is 24.9 Å². The van der Waals surface area contributed by atoms with Gasteiger partial charge in [0, 0.05) is 33.1 Å². The molecule has 0 saturated carbocycles. The summed E-state index contributed by atoms with van der Waals surface area (Å²) in [4.78, 5) is 29.6. The third-order valence-electron chi connectivity index (χ3n) is 7.12. The summed E-state index contributed by atoms with van der Waals surface area (Å²) in [6.07, 6.45) is 1.02. The number of hydrogen-bond acceptors (Lipinski definition) is 4. The largest absolute Gasteiger partial charge is 0.352 e. The van der Waals surface area contributed by atoms with Crippen LogP contribution in [0.5, 0.6) is 0 Å². The van der Waals surface area contributed by atoms with Crippen LogP contribution in [0.1, 0.15) is 42.5 Å². The molecule has 0 bridgehead atoms. The molecule has 0 radical (unpaired) electrons. The van der Waals surface area contributed by atoms with Crippen LogP contribution in [0.2, 0.25) is 0 Å². The normalized spacial score (nSPS) is 13.0. The summed E-state index contributed by atoms with van der Waals surface area (Å²) in [5, 5.41) is 3.05. The molecule has 0 heterocycles. The highest BCUT2D eigenvalue weighted by Crippen LogP contribution is 2.26. The first-order valence-corrected chi connectivity index (χ1v) is 15.3. The van der Waals surface area contributed by atoms with Crippen LogP contribution in [0.3, 0.4) is 0 Å². The highest BCUT2D eigenvalue weighted by Gasteiger charge is 2.35. The van der Waals surface area contributed by atoms with Gasteiger partial charge in [0.25, 0.3) is 0 Å². The average molecular weight is 579 g/mol. The van der Waals surface area contributed by atoms with E-state index < -0.39 is 28.7 Å². The predicted molar refractivity (Wildman–Crippen MR) is 165 cm³/mol. The van der Waals surface area contributed by atoms with Gasteiger partial charge in [0.1, 0.15) is 12.6 Å². The van der Waals surface area contributed by atoms with E-state index in [4.69, 9.17) is 0 Å². The Labute approximate surface area is 245 Å². The van der Waals surface area contributed by atoms with Crippen LogP contribution in [0.25, 0.3) is 0 Å². The lowest BCUT2D eigenvalue weighted by Gasteiger charge is -2.35. The molecule has 0 aliphatic carbocycles. The zero-order valence-corrected chi connectivity index (χ0v) is 25.7. The molecule has 0 aliphatic rings. The lowest BCUT2D eigenvalue weighted by atomic mass is 10.0. The second-order valence-corrected chi connectivity index (χ2v) is 12.7. The average Bonchev–Trinajstić information content (AvgIpc) is 2.95. The molecule has 0 fully saturated rings. The van der Waals surface area contributed by atoms with Crippen molar-refractivity contribution in [2.75, 3.05) is 24.9 Å². The Bertz CT molecular complexity index is 1410. The topological polar surface area (TPSA) is 90.0 Å². The molecule has 0 saturated heterocycles. The van der Waals surface area contributed by atoms with E-state index in [9.17, 15) is 18.0 Å². The van der Waals surface area contributed by atoms with Crippen molar-refractivity contribution in [3.63, 3.8) is 0 Å². The molecule has 3 rings (SSSR count). The number of amides is 2. The molecule has 3 aromatic carbocycles. The third-order valence-corrected chi connectivity index (χ3v) is 8.93. The van der Waals surface area contributed by atoms with Crippen LogP contribution in [-0.4, -0.2) is 62.2 Å². The zero-order valence-electron chi connectivity index (χ0n) is 24.9. The lowest BCUT2D eigenvalue weighted by Crippen LogP contribution is -2.55. The van der Waals surface area contributed by atoms with Crippen molar-refractivity contribution in [3.8, 4) is 0 Å². The Morgan fingerprint density at radius 1 is 0.878 bits per heavy atom. The van der Waals surface area contributed by atoms with E-state index in [0.29, 0.717) is 5.69 Å². The van der Waals surface area contributed by atoms with Crippen molar-refractivity contribution < 1.29 is 18.0 Å². The minimum Gasteiger partial charge on any atom is -0.352 e. The number of carbonyl (C=O) groups is 2. The fraction of sp³-hybridized carbons (Fsp3) is 0.375. The van der Waals surface area contributed by atoms with Crippen molar-refractivity contribution in [2.24, 2.45) is 0 Å². The van der Waals surface area contributed by atoms with E-state index in [2.05, 4.69) is 5.32 Å². The van der Waals surface area contributed by atoms with Crippen LogP contribution in [0.15, 0.2) is 78.9 Å². The Kier molecular flexibility index (Phi) is 11.1. The minimum atomic E-state index is -4.04. The number of nitrogens with zero attached hydrogens (tertiary/aromatic N) is 3. The Morgan fingerprint density at radius 3 is 2.02 bits per heavy atom. The van der Waals surface area contributed by atoms with Crippen LogP contribution < -0.4 is 9.62 Å². The maximum Gasteiger partial charge on any atom is 0.304 e. The van der Waals surface area contributed by atoms with Crippen LogP contribution in [-0.2, 0) is 32.8 Å². The summed E-state index contributed by atoms with van der Waals surface area (Å²) in [5.41, 5.74) is 3.75. The van der Waals surface area contributed by atoms with Gasteiger partial charge in [-0.1, -0.05) is 79.7 Å². The smallest absolute Gasteiger partial charge is 0.304 e. The predicted octanol–water partition coefficient (Wildman–Crippen LogP) is 4.47. The standard InChI is InChI=1S/C32H42N4O4S/c1-7-26(4)33-32(38)30(21-27-14-10-8-11-15-27)35(22-28-16-12-9-13-17-28)31(37)23-36(41(39,40)34(5)6)29-20-24(2)18-19-25(29)3/h8-20,26,30H,7,21-23H2,1-6H3,(H,33,38)/t26-,30+/m0/s1. The van der Waals surface area contributed by atoms with Gasteiger partial charge in [0.05, 0.1) is 5.69 Å². The fourth-order valence-corrected chi connectivity index (χ4v) is 5.58. The number of benzene rings is 3. The molecular weight excluding hydrogens is 536 g/mol. The number of nitrogens with one attached hydrogen (secondary N) is 1. The monoisotopic (exact) mass is 578 g/mol. The molecule has 41 heavy (non-hydrogen) atoms. The van der Waals surface area contributed by atoms with E-state index in [1.165, 1.54) is 19.0 Å². The number of rotatable bonds is 13. The molecule has 8 nitrogen and oxygen atoms in total. The molecule has 0 spiro atoms. The summed E-state index contributed by atoms with van der Waals surface area (Å²) < 4.78 is 29.4. The summed E-state index contributed by atoms with van der Waals surface area (Å²) in [7, 11) is -1.16. The molecule has 2 amide bonds. The number of carbonyl (C=O) groups excluding carboxylic acids is 2. The first-order chi connectivity index (χ1) is 19.4. The van der Waals surface area contributed by atoms with E-state index in [1.807, 2.05) is 100 Å². The number of hydrogen-bond donors (Lipinski definition) is 1. The van der Waals surface area contributed by atoms with E-state index >= 15 is 0 Å². The second kappa shape index (κ2) is 14.3. The minimum absolute atomic E-state index is 0.0880. The Hall–Kier alpha value is -3.69. The highest BCUT2D eigenvalue weighted by molar-refractivity contribution is 7.90. The van der Waals surface area contributed by atoms with Crippen molar-refractivity contribution in [1.29, 1.82) is 0 Å². The summed E-state index contributed by atoms with van der Waals surface area (Å²) in [5.74, 6) is -0.748. The van der Waals surface area contributed by atoms with E-state index in [0.717, 1.165) is 37.3 Å². The molecule has 3 aromatic rings. The second-order valence-electron chi connectivity index (χ2n) is 10.6. The van der Waals surface area contributed by atoms with Crippen molar-refractivity contribution in [3.05, 3.63) is 101 Å². The molecule has 1 N–H and O–H groups in total. The summed E-state index contributed by atoms with van der Waals surface area (Å²) in [6, 6.07) is 23.5. The van der Waals surface area contributed by atoms with Gasteiger partial charge in [0.15, 0.2) is 0 Å². The fourth-order valence-electron chi connectivity index (χ4n) is 4.47. The van der Waals surface area contributed by atoms with Crippen molar-refractivity contribution >= 4 is 27.7 Å². The van der Waals surface area contributed by atoms with Gasteiger partial charge in [-0.15, -0.1) is 0 Å². The highest BCUT2D eigenvalue weighted by atomic mass is 32.2. The van der Waals surface area contributed by atoms with Gasteiger partial charge in [-0.05, 0) is 55.5 Å². The summed E-state index contributed by atoms with van der Waals surface area (Å²) >= 11 is 0. The molecule has 0 aliphatic heterocycles. The Morgan fingerprint density at radius 2 is 1.46 bits per heavy atom. The maximum absolute atomic E-state index is 14.3. The zero-order chi connectivity index (χ0) is 30.2. The molecule has 0 unspecified atom stereocenters. The van der Waals surface area contributed by atoms with Crippen LogP contribution in [0, 0.1) is 13.8 Å². The SMILES string of the molecule is CC[C@H](C)NC(=O)[C@@H](Cc1ccccc1)N(Cc1ccccc1)C(=O)CN(c1cc(C)ccc1C)S(=O)(=O)N(C)C. The van der Waals surface area contributed by atoms with Crippen molar-refractivity contribution in [2.45, 2.75) is 59.2 Å². The van der Waals surface area contributed by atoms with Crippen molar-refractivity contribution in [1.82, 2.24) is 14.5 Å². The van der Waals surface area contributed by atoms with Crippen LogP contribution in [0.4, 0.5) is 5.69 Å². The molecular formula is C32H42N4O4S. The number of aryl methyl sites for hydroxylation is 2. The van der Waals surface area contributed by atoms with Gasteiger partial charge < -0.3 is 10.2 Å². The first kappa shape index (κ1) is 31.8. The van der Waals surface area contributed by atoms with Gasteiger partial charge in [-0.2, -0.15) is 12.7 Å². The number of anilines is 1. The molecule has 2 atom stereocenters. The van der Waals surface area contributed by atoms with Gasteiger partial charge >= 0.3 is 10.2 Å².